The summed E-state index contributed by atoms with van der Waals surface area (Å²) in [6, 6.07) is 17.8. The van der Waals surface area contributed by atoms with Crippen LogP contribution in [-0.2, 0) is 11.2 Å². The normalized spacial score (nSPS) is 10.3. The minimum Gasteiger partial charge on any atom is -0.493 e. The Morgan fingerprint density at radius 3 is 2.42 bits per heavy atom. The second kappa shape index (κ2) is 10.2. The summed E-state index contributed by atoms with van der Waals surface area (Å²) < 4.78 is 10.7. The Bertz CT molecular complexity index is 1080. The second-order valence-electron chi connectivity index (χ2n) is 6.86. The Kier molecular flexibility index (Phi) is 7.22. The van der Waals surface area contributed by atoms with Crippen LogP contribution >= 0.6 is 0 Å². The minimum absolute atomic E-state index is 0.209. The van der Waals surface area contributed by atoms with E-state index in [0.717, 1.165) is 11.3 Å². The van der Waals surface area contributed by atoms with E-state index in [1.165, 1.54) is 0 Å². The van der Waals surface area contributed by atoms with Crippen LogP contribution in [0.1, 0.15) is 28.0 Å². The number of carbonyl (C=O) groups is 2. The lowest BCUT2D eigenvalue weighted by Gasteiger charge is -2.13. The van der Waals surface area contributed by atoms with Crippen LogP contribution in [0.3, 0.4) is 0 Å². The molecular formula is C24H25N3O4. The zero-order valence-corrected chi connectivity index (χ0v) is 17.8. The van der Waals surface area contributed by atoms with Crippen LogP contribution in [0, 0.1) is 6.92 Å². The number of hydrogen-bond acceptors (Lipinski definition) is 5. The van der Waals surface area contributed by atoms with E-state index in [0.29, 0.717) is 35.0 Å². The molecule has 0 spiro atoms. The predicted molar refractivity (Wildman–Crippen MR) is 120 cm³/mol. The van der Waals surface area contributed by atoms with Crippen molar-refractivity contribution in [3.05, 3.63) is 77.5 Å². The first-order valence-corrected chi connectivity index (χ1v) is 9.85. The molecule has 7 heteroatoms. The van der Waals surface area contributed by atoms with Gasteiger partial charge in [-0.15, -0.1) is 0 Å². The van der Waals surface area contributed by atoms with Gasteiger partial charge in [-0.3, -0.25) is 9.59 Å². The number of ether oxygens (including phenoxy) is 2. The monoisotopic (exact) mass is 419 g/mol. The van der Waals surface area contributed by atoms with Gasteiger partial charge in [0.25, 0.3) is 5.91 Å². The lowest BCUT2D eigenvalue weighted by Crippen LogP contribution is -2.19. The zero-order valence-electron chi connectivity index (χ0n) is 17.8. The first kappa shape index (κ1) is 21.8. The van der Waals surface area contributed by atoms with E-state index < -0.39 is 0 Å². The highest BCUT2D eigenvalue weighted by Crippen LogP contribution is 2.31. The third kappa shape index (κ3) is 5.60. The number of rotatable bonds is 8. The Hall–Kier alpha value is -3.87. The highest BCUT2D eigenvalue weighted by Gasteiger charge is 2.15. The highest BCUT2D eigenvalue weighted by molar-refractivity contribution is 6.09. The first-order chi connectivity index (χ1) is 15.0. The molecule has 2 N–H and O–H groups in total. The molecule has 2 aromatic carbocycles. The topological polar surface area (TPSA) is 89.5 Å². The third-order valence-corrected chi connectivity index (χ3v) is 4.68. The molecule has 0 aliphatic carbocycles. The molecule has 1 heterocycles. The van der Waals surface area contributed by atoms with Gasteiger partial charge in [0.2, 0.25) is 5.91 Å². The number of anilines is 2. The molecule has 2 amide bonds. The Morgan fingerprint density at radius 1 is 0.903 bits per heavy atom. The number of nitrogens with one attached hydrogen (secondary N) is 2. The molecule has 0 aliphatic heterocycles. The van der Waals surface area contributed by atoms with Crippen LogP contribution in [0.5, 0.6) is 11.5 Å². The van der Waals surface area contributed by atoms with Crippen LogP contribution in [0.4, 0.5) is 11.5 Å². The van der Waals surface area contributed by atoms with E-state index in [1.807, 2.05) is 31.2 Å². The fourth-order valence-corrected chi connectivity index (χ4v) is 3.20. The molecule has 0 atom stereocenters. The molecule has 0 unspecified atom stereocenters. The summed E-state index contributed by atoms with van der Waals surface area (Å²) in [5, 5.41) is 5.60. The fraction of sp³-hybridized carbons (Fsp3) is 0.208. The number of benzene rings is 2. The van der Waals surface area contributed by atoms with E-state index in [4.69, 9.17) is 9.47 Å². The van der Waals surface area contributed by atoms with Crippen molar-refractivity contribution < 1.29 is 19.1 Å². The van der Waals surface area contributed by atoms with E-state index in [1.54, 1.807) is 50.6 Å². The van der Waals surface area contributed by atoms with Crippen molar-refractivity contribution in [2.45, 2.75) is 19.8 Å². The Labute approximate surface area is 181 Å². The molecule has 7 nitrogen and oxygen atoms in total. The van der Waals surface area contributed by atoms with Crippen molar-refractivity contribution in [3.8, 4) is 11.5 Å². The molecule has 0 aliphatic rings. The Morgan fingerprint density at radius 2 is 1.68 bits per heavy atom. The van der Waals surface area contributed by atoms with Crippen molar-refractivity contribution in [1.82, 2.24) is 4.98 Å². The Balaban J connectivity index is 1.68. The van der Waals surface area contributed by atoms with E-state index in [-0.39, 0.29) is 18.2 Å². The maximum atomic E-state index is 12.7. The van der Waals surface area contributed by atoms with Gasteiger partial charge in [0.15, 0.2) is 11.5 Å². The van der Waals surface area contributed by atoms with Gasteiger partial charge in [-0.05, 0) is 49.2 Å². The third-order valence-electron chi connectivity index (χ3n) is 4.68. The van der Waals surface area contributed by atoms with Crippen molar-refractivity contribution in [1.29, 1.82) is 0 Å². The summed E-state index contributed by atoms with van der Waals surface area (Å²) in [6.07, 6.45) is 0.687. The maximum Gasteiger partial charge on any atom is 0.258 e. The lowest BCUT2D eigenvalue weighted by molar-refractivity contribution is -0.116. The molecule has 3 rings (SSSR count). The summed E-state index contributed by atoms with van der Waals surface area (Å²) in [5.74, 6) is 1.13. The predicted octanol–water partition coefficient (Wildman–Crippen LogP) is 4.23. The summed E-state index contributed by atoms with van der Waals surface area (Å²) in [4.78, 5) is 29.6. The van der Waals surface area contributed by atoms with E-state index in [9.17, 15) is 9.59 Å². The van der Waals surface area contributed by atoms with Crippen LogP contribution in [0.15, 0.2) is 60.7 Å². The van der Waals surface area contributed by atoms with Crippen molar-refractivity contribution in [3.63, 3.8) is 0 Å². The number of para-hydroxylation sites is 2. The average molecular weight is 419 g/mol. The number of methoxy groups -OCH3 is 2. The number of pyridine rings is 1. The number of aryl methyl sites for hydroxylation is 2. The molecule has 0 bridgehead atoms. The second-order valence-corrected chi connectivity index (χ2v) is 6.86. The van der Waals surface area contributed by atoms with Gasteiger partial charge in [0, 0.05) is 12.1 Å². The largest absolute Gasteiger partial charge is 0.493 e. The average Bonchev–Trinajstić information content (AvgIpc) is 2.77. The fourth-order valence-electron chi connectivity index (χ4n) is 3.20. The molecule has 160 valence electrons. The molecule has 1 aromatic heterocycles. The van der Waals surface area contributed by atoms with Crippen LogP contribution in [0.25, 0.3) is 0 Å². The molecule has 0 saturated carbocycles. The lowest BCUT2D eigenvalue weighted by atomic mass is 10.1. The summed E-state index contributed by atoms with van der Waals surface area (Å²) >= 11 is 0. The zero-order chi connectivity index (χ0) is 22.2. The minimum atomic E-state index is -0.344. The van der Waals surface area contributed by atoms with Gasteiger partial charge in [-0.25, -0.2) is 4.98 Å². The SMILES string of the molecule is COc1cccc(CCC(=O)Nc2ccccc2C(=O)Nc2cccc(C)n2)c1OC. The van der Waals surface area contributed by atoms with Gasteiger partial charge in [-0.2, -0.15) is 0 Å². The number of hydrogen-bond donors (Lipinski definition) is 2. The molecule has 0 radical (unpaired) electrons. The van der Waals surface area contributed by atoms with Crippen molar-refractivity contribution in [2.75, 3.05) is 24.9 Å². The summed E-state index contributed by atoms with van der Waals surface area (Å²) in [5.41, 5.74) is 2.47. The number of aromatic nitrogens is 1. The number of carbonyl (C=O) groups excluding carboxylic acids is 2. The smallest absolute Gasteiger partial charge is 0.258 e. The molecule has 3 aromatic rings. The number of nitrogens with zero attached hydrogens (tertiary/aromatic N) is 1. The van der Waals surface area contributed by atoms with Gasteiger partial charge < -0.3 is 20.1 Å². The van der Waals surface area contributed by atoms with Gasteiger partial charge >= 0.3 is 0 Å². The summed E-state index contributed by atoms with van der Waals surface area (Å²) in [7, 11) is 3.14. The van der Waals surface area contributed by atoms with E-state index >= 15 is 0 Å². The first-order valence-electron chi connectivity index (χ1n) is 9.85. The quantitative estimate of drug-likeness (QED) is 0.570. The van der Waals surface area contributed by atoms with E-state index in [2.05, 4.69) is 15.6 Å². The maximum absolute atomic E-state index is 12.7. The van der Waals surface area contributed by atoms with Gasteiger partial charge in [0.05, 0.1) is 25.5 Å². The van der Waals surface area contributed by atoms with Crippen LogP contribution < -0.4 is 20.1 Å². The molecule has 0 saturated heterocycles. The molecule has 31 heavy (non-hydrogen) atoms. The van der Waals surface area contributed by atoms with Crippen LogP contribution in [-0.4, -0.2) is 31.0 Å². The van der Waals surface area contributed by atoms with Crippen molar-refractivity contribution >= 4 is 23.3 Å². The number of amides is 2. The summed E-state index contributed by atoms with van der Waals surface area (Å²) in [6.45, 7) is 1.85. The van der Waals surface area contributed by atoms with Crippen LogP contribution in [0.2, 0.25) is 0 Å². The standard InChI is InChI=1S/C24H25N3O4/c1-16-8-6-13-21(25-16)27-24(29)18-10-4-5-11-19(18)26-22(28)15-14-17-9-7-12-20(30-2)23(17)31-3/h4-13H,14-15H2,1-3H3,(H,26,28)(H,25,27,29). The molecule has 0 fully saturated rings. The van der Waals surface area contributed by atoms with Gasteiger partial charge in [-0.1, -0.05) is 30.3 Å². The highest BCUT2D eigenvalue weighted by atomic mass is 16.5. The van der Waals surface area contributed by atoms with Gasteiger partial charge in [0.1, 0.15) is 5.82 Å². The van der Waals surface area contributed by atoms with Crippen molar-refractivity contribution in [2.24, 2.45) is 0 Å². The molecular weight excluding hydrogens is 394 g/mol.